The Balaban J connectivity index is 2.40. The predicted molar refractivity (Wildman–Crippen MR) is 51.1 cm³/mol. The van der Waals surface area contributed by atoms with Gasteiger partial charge in [0.15, 0.2) is 0 Å². The van der Waals surface area contributed by atoms with Crippen molar-refractivity contribution in [2.75, 3.05) is 13.2 Å². The van der Waals surface area contributed by atoms with Gasteiger partial charge in [-0.1, -0.05) is 19.1 Å². The van der Waals surface area contributed by atoms with Gasteiger partial charge in [0.05, 0.1) is 6.54 Å². The lowest BCUT2D eigenvalue weighted by atomic mass is 10.2. The number of hydrogen-bond donors (Lipinski definition) is 2. The number of hydroxylamine groups is 1. The highest BCUT2D eigenvalue weighted by Crippen LogP contribution is 2.11. The molecule has 0 aliphatic carbocycles. The van der Waals surface area contributed by atoms with Crippen LogP contribution in [0.3, 0.4) is 0 Å². The molecule has 3 nitrogen and oxygen atoms in total. The number of hydrogen-bond acceptors (Lipinski definition) is 3. The first kappa shape index (κ1) is 10.0. The zero-order chi connectivity index (χ0) is 9.52. The van der Waals surface area contributed by atoms with Crippen LogP contribution in [0.15, 0.2) is 24.3 Å². The van der Waals surface area contributed by atoms with Crippen LogP contribution in [0.5, 0.6) is 5.75 Å². The van der Waals surface area contributed by atoms with Gasteiger partial charge in [-0.25, -0.2) is 5.48 Å². The molecule has 0 atom stereocenters. The minimum absolute atomic E-state index is 0.440. The summed E-state index contributed by atoms with van der Waals surface area (Å²) in [5.74, 6) is 0.840. The minimum atomic E-state index is 0.440. The average Bonchev–Trinajstić information content (AvgIpc) is 2.19. The van der Waals surface area contributed by atoms with Crippen LogP contribution in [0.1, 0.15) is 12.5 Å². The molecule has 2 N–H and O–H groups in total. The number of benzene rings is 1. The number of aryl methyl sites for hydroxylation is 1. The van der Waals surface area contributed by atoms with Crippen LogP contribution in [-0.4, -0.2) is 18.4 Å². The number of rotatable bonds is 5. The molecular formula is C10H15NO2. The van der Waals surface area contributed by atoms with Crippen molar-refractivity contribution in [3.8, 4) is 5.75 Å². The Morgan fingerprint density at radius 3 is 2.54 bits per heavy atom. The maximum absolute atomic E-state index is 8.30. The second kappa shape index (κ2) is 5.56. The summed E-state index contributed by atoms with van der Waals surface area (Å²) in [5, 5.41) is 8.30. The molecule has 1 aromatic rings. The van der Waals surface area contributed by atoms with Crippen molar-refractivity contribution in [3.63, 3.8) is 0 Å². The molecule has 0 spiro atoms. The standard InChI is InChI=1S/C10H15NO2/c1-2-9-3-5-10(6-4-9)13-8-7-11-12/h3-6,11-12H,2,7-8H2,1H3. The van der Waals surface area contributed by atoms with Gasteiger partial charge in [0, 0.05) is 0 Å². The van der Waals surface area contributed by atoms with E-state index in [1.807, 2.05) is 29.7 Å². The van der Waals surface area contributed by atoms with Crippen LogP contribution < -0.4 is 10.2 Å². The van der Waals surface area contributed by atoms with Gasteiger partial charge >= 0.3 is 0 Å². The molecule has 0 saturated heterocycles. The molecule has 0 aromatic heterocycles. The summed E-state index contributed by atoms with van der Waals surface area (Å²) in [5.41, 5.74) is 3.33. The van der Waals surface area contributed by atoms with E-state index in [2.05, 4.69) is 6.92 Å². The molecule has 0 aliphatic heterocycles. The van der Waals surface area contributed by atoms with Crippen molar-refractivity contribution in [2.45, 2.75) is 13.3 Å². The summed E-state index contributed by atoms with van der Waals surface area (Å²) in [6.07, 6.45) is 1.04. The Hall–Kier alpha value is -1.06. The molecule has 0 fully saturated rings. The molecule has 0 heterocycles. The van der Waals surface area contributed by atoms with Crippen LogP contribution in [0.2, 0.25) is 0 Å². The Morgan fingerprint density at radius 2 is 2.00 bits per heavy atom. The summed E-state index contributed by atoms with van der Waals surface area (Å²) in [7, 11) is 0. The van der Waals surface area contributed by atoms with Crippen molar-refractivity contribution >= 4 is 0 Å². The SMILES string of the molecule is CCc1ccc(OCCNO)cc1. The molecule has 0 unspecified atom stereocenters. The summed E-state index contributed by atoms with van der Waals surface area (Å²) in [4.78, 5) is 0. The maximum Gasteiger partial charge on any atom is 0.119 e. The highest BCUT2D eigenvalue weighted by Gasteiger charge is 1.92. The van der Waals surface area contributed by atoms with E-state index in [9.17, 15) is 0 Å². The second-order valence-electron chi connectivity index (χ2n) is 2.75. The van der Waals surface area contributed by atoms with Crippen molar-refractivity contribution < 1.29 is 9.94 Å². The zero-order valence-corrected chi connectivity index (χ0v) is 7.79. The van der Waals surface area contributed by atoms with Crippen LogP contribution >= 0.6 is 0 Å². The molecule has 1 rings (SSSR count). The minimum Gasteiger partial charge on any atom is -0.492 e. The average molecular weight is 181 g/mol. The summed E-state index contributed by atoms with van der Waals surface area (Å²) in [6.45, 7) is 3.03. The van der Waals surface area contributed by atoms with Crippen LogP contribution in [0, 0.1) is 0 Å². The predicted octanol–water partition coefficient (Wildman–Crippen LogP) is 1.61. The van der Waals surface area contributed by atoms with E-state index in [0.717, 1.165) is 12.2 Å². The van der Waals surface area contributed by atoms with Gasteiger partial charge in [0.25, 0.3) is 0 Å². The van der Waals surface area contributed by atoms with Gasteiger partial charge in [0.2, 0.25) is 0 Å². The largest absolute Gasteiger partial charge is 0.492 e. The lowest BCUT2D eigenvalue weighted by molar-refractivity contribution is 0.145. The van der Waals surface area contributed by atoms with E-state index in [-0.39, 0.29) is 0 Å². The third-order valence-electron chi connectivity index (χ3n) is 1.81. The van der Waals surface area contributed by atoms with Crippen molar-refractivity contribution in [1.82, 2.24) is 5.48 Å². The van der Waals surface area contributed by atoms with Crippen LogP contribution in [0.4, 0.5) is 0 Å². The Kier molecular flexibility index (Phi) is 4.29. The van der Waals surface area contributed by atoms with Gasteiger partial charge in [-0.15, -0.1) is 0 Å². The van der Waals surface area contributed by atoms with Gasteiger partial charge in [-0.05, 0) is 24.1 Å². The quantitative estimate of drug-likeness (QED) is 0.535. The molecule has 0 saturated carbocycles. The lowest BCUT2D eigenvalue weighted by Gasteiger charge is -2.05. The van der Waals surface area contributed by atoms with E-state index in [0.29, 0.717) is 13.2 Å². The van der Waals surface area contributed by atoms with Gasteiger partial charge in [-0.3, -0.25) is 0 Å². The molecule has 0 aliphatic rings. The molecule has 0 bridgehead atoms. The van der Waals surface area contributed by atoms with E-state index in [1.165, 1.54) is 5.56 Å². The Morgan fingerprint density at radius 1 is 1.31 bits per heavy atom. The first-order valence-corrected chi connectivity index (χ1v) is 4.45. The molecular weight excluding hydrogens is 166 g/mol. The molecule has 0 amide bonds. The fourth-order valence-electron chi connectivity index (χ4n) is 1.04. The monoisotopic (exact) mass is 181 g/mol. The zero-order valence-electron chi connectivity index (χ0n) is 7.79. The molecule has 1 aromatic carbocycles. The molecule has 0 radical (unpaired) electrons. The lowest BCUT2D eigenvalue weighted by Crippen LogP contribution is -2.16. The fourth-order valence-corrected chi connectivity index (χ4v) is 1.04. The maximum atomic E-state index is 8.30. The van der Waals surface area contributed by atoms with Gasteiger partial charge < -0.3 is 9.94 Å². The topological polar surface area (TPSA) is 41.5 Å². The van der Waals surface area contributed by atoms with Crippen molar-refractivity contribution in [3.05, 3.63) is 29.8 Å². The summed E-state index contributed by atoms with van der Waals surface area (Å²) < 4.78 is 5.32. The van der Waals surface area contributed by atoms with Crippen LogP contribution in [0.25, 0.3) is 0 Å². The van der Waals surface area contributed by atoms with E-state index in [4.69, 9.17) is 9.94 Å². The number of nitrogens with one attached hydrogen (secondary N) is 1. The third kappa shape index (κ3) is 3.44. The van der Waals surface area contributed by atoms with E-state index >= 15 is 0 Å². The molecule has 72 valence electrons. The van der Waals surface area contributed by atoms with Crippen molar-refractivity contribution in [1.29, 1.82) is 0 Å². The van der Waals surface area contributed by atoms with Crippen LogP contribution in [-0.2, 0) is 6.42 Å². The summed E-state index contributed by atoms with van der Waals surface area (Å²) >= 11 is 0. The first-order valence-electron chi connectivity index (χ1n) is 4.45. The van der Waals surface area contributed by atoms with E-state index in [1.54, 1.807) is 0 Å². The second-order valence-corrected chi connectivity index (χ2v) is 2.75. The Bertz CT molecular complexity index is 233. The number of ether oxygens (including phenoxy) is 1. The van der Waals surface area contributed by atoms with E-state index < -0.39 is 0 Å². The Labute approximate surface area is 78.3 Å². The molecule has 13 heavy (non-hydrogen) atoms. The summed E-state index contributed by atoms with van der Waals surface area (Å²) in [6, 6.07) is 7.97. The smallest absolute Gasteiger partial charge is 0.119 e. The first-order chi connectivity index (χ1) is 6.36. The normalized spacial score (nSPS) is 10.0. The fraction of sp³-hybridized carbons (Fsp3) is 0.400. The highest BCUT2D eigenvalue weighted by atomic mass is 16.5. The highest BCUT2D eigenvalue weighted by molar-refractivity contribution is 5.27. The van der Waals surface area contributed by atoms with Crippen molar-refractivity contribution in [2.24, 2.45) is 0 Å². The van der Waals surface area contributed by atoms with Gasteiger partial charge in [0.1, 0.15) is 12.4 Å². The third-order valence-corrected chi connectivity index (χ3v) is 1.81. The van der Waals surface area contributed by atoms with Gasteiger partial charge in [-0.2, -0.15) is 0 Å². The molecule has 3 heteroatoms.